The Bertz CT molecular complexity index is 599. The highest BCUT2D eigenvalue weighted by molar-refractivity contribution is 5.81. The van der Waals surface area contributed by atoms with Crippen LogP contribution in [0.1, 0.15) is 43.7 Å². The Hall–Kier alpha value is -2.44. The number of hydrogen-bond acceptors (Lipinski definition) is 3. The van der Waals surface area contributed by atoms with Gasteiger partial charge in [-0.3, -0.25) is 14.4 Å². The lowest BCUT2D eigenvalue weighted by Gasteiger charge is -2.17. The van der Waals surface area contributed by atoms with Gasteiger partial charge in [-0.05, 0) is 37.0 Å². The van der Waals surface area contributed by atoms with Crippen LogP contribution < -0.4 is 10.6 Å². The summed E-state index contributed by atoms with van der Waals surface area (Å²) in [6, 6.07) is 4.66. The van der Waals surface area contributed by atoms with Crippen molar-refractivity contribution in [2.24, 2.45) is 5.92 Å². The molecule has 0 radical (unpaired) electrons. The average Bonchev–Trinajstić information content (AvgIpc) is 3.36. The number of carbonyl (C=O) groups excluding carboxylic acids is 2. The molecular formula is C17H21FN2O4. The molecular weight excluding hydrogens is 315 g/mol. The third-order valence-corrected chi connectivity index (χ3v) is 3.81. The molecule has 1 aliphatic carbocycles. The Labute approximate surface area is 139 Å². The van der Waals surface area contributed by atoms with Crippen molar-refractivity contribution in [2.75, 3.05) is 6.54 Å². The van der Waals surface area contributed by atoms with Crippen LogP contribution in [0.4, 0.5) is 4.39 Å². The zero-order valence-electron chi connectivity index (χ0n) is 13.3. The highest BCUT2D eigenvalue weighted by Gasteiger charge is 2.29. The molecule has 3 N–H and O–H groups in total. The summed E-state index contributed by atoms with van der Waals surface area (Å²) in [5.41, 5.74) is 0.536. The predicted octanol–water partition coefficient (Wildman–Crippen LogP) is 1.76. The molecule has 1 fully saturated rings. The minimum Gasteiger partial charge on any atom is -0.481 e. The molecule has 2 amide bonds. The van der Waals surface area contributed by atoms with Crippen LogP contribution >= 0.6 is 0 Å². The molecule has 0 aromatic heterocycles. The molecule has 1 aliphatic rings. The maximum atomic E-state index is 13.0. The van der Waals surface area contributed by atoms with Crippen LogP contribution in [0.5, 0.6) is 0 Å². The van der Waals surface area contributed by atoms with Gasteiger partial charge < -0.3 is 15.7 Å². The van der Waals surface area contributed by atoms with Crippen LogP contribution in [-0.2, 0) is 14.4 Å². The van der Waals surface area contributed by atoms with Gasteiger partial charge in [0.2, 0.25) is 11.8 Å². The van der Waals surface area contributed by atoms with Crippen molar-refractivity contribution in [3.05, 3.63) is 35.6 Å². The van der Waals surface area contributed by atoms with E-state index in [0.29, 0.717) is 18.5 Å². The molecule has 1 aromatic carbocycles. The highest BCUT2D eigenvalue weighted by Crippen LogP contribution is 2.28. The Morgan fingerprint density at radius 3 is 2.46 bits per heavy atom. The van der Waals surface area contributed by atoms with Gasteiger partial charge in [-0.15, -0.1) is 0 Å². The topological polar surface area (TPSA) is 95.5 Å². The van der Waals surface area contributed by atoms with E-state index < -0.39 is 17.8 Å². The zero-order chi connectivity index (χ0) is 17.5. The SMILES string of the molecule is O=C(O)CC(NC(=O)CCCNC(=O)C1CC1)c1ccc(F)cc1. The quantitative estimate of drug-likeness (QED) is 0.599. The zero-order valence-corrected chi connectivity index (χ0v) is 13.3. The van der Waals surface area contributed by atoms with E-state index in [9.17, 15) is 18.8 Å². The van der Waals surface area contributed by atoms with E-state index in [1.54, 1.807) is 0 Å². The number of carbonyl (C=O) groups is 3. The average molecular weight is 336 g/mol. The number of aliphatic carboxylic acids is 1. The van der Waals surface area contributed by atoms with E-state index >= 15 is 0 Å². The summed E-state index contributed by atoms with van der Waals surface area (Å²) in [4.78, 5) is 34.4. The molecule has 1 unspecified atom stereocenters. The Morgan fingerprint density at radius 2 is 1.88 bits per heavy atom. The number of halogens is 1. The third-order valence-electron chi connectivity index (χ3n) is 3.81. The van der Waals surface area contributed by atoms with E-state index in [1.807, 2.05) is 0 Å². The van der Waals surface area contributed by atoms with Gasteiger partial charge in [0.15, 0.2) is 0 Å². The molecule has 1 saturated carbocycles. The summed E-state index contributed by atoms with van der Waals surface area (Å²) < 4.78 is 13.0. The first-order valence-corrected chi connectivity index (χ1v) is 8.00. The molecule has 0 saturated heterocycles. The van der Waals surface area contributed by atoms with Gasteiger partial charge in [0.1, 0.15) is 5.82 Å². The fourth-order valence-electron chi connectivity index (χ4n) is 2.34. The summed E-state index contributed by atoms with van der Waals surface area (Å²) >= 11 is 0. The van der Waals surface area contributed by atoms with E-state index in [0.717, 1.165) is 12.8 Å². The second-order valence-corrected chi connectivity index (χ2v) is 5.94. The molecule has 6 nitrogen and oxygen atoms in total. The summed E-state index contributed by atoms with van der Waals surface area (Å²) in [6.07, 6.45) is 2.24. The fourth-order valence-corrected chi connectivity index (χ4v) is 2.34. The summed E-state index contributed by atoms with van der Waals surface area (Å²) in [5, 5.41) is 14.4. The number of hydrogen-bond donors (Lipinski definition) is 3. The second-order valence-electron chi connectivity index (χ2n) is 5.94. The lowest BCUT2D eigenvalue weighted by Crippen LogP contribution is -2.31. The van der Waals surface area contributed by atoms with Crippen molar-refractivity contribution in [1.29, 1.82) is 0 Å². The molecule has 0 aliphatic heterocycles. The minimum absolute atomic E-state index is 0.0328. The Balaban J connectivity index is 1.79. The monoisotopic (exact) mass is 336 g/mol. The van der Waals surface area contributed by atoms with E-state index in [2.05, 4.69) is 10.6 Å². The molecule has 24 heavy (non-hydrogen) atoms. The van der Waals surface area contributed by atoms with Crippen LogP contribution in [0.15, 0.2) is 24.3 Å². The lowest BCUT2D eigenvalue weighted by atomic mass is 10.0. The van der Waals surface area contributed by atoms with Gasteiger partial charge in [0.05, 0.1) is 12.5 Å². The first-order valence-electron chi connectivity index (χ1n) is 8.00. The highest BCUT2D eigenvalue weighted by atomic mass is 19.1. The summed E-state index contributed by atoms with van der Waals surface area (Å²) in [7, 11) is 0. The smallest absolute Gasteiger partial charge is 0.305 e. The van der Waals surface area contributed by atoms with Gasteiger partial charge in [-0.25, -0.2) is 4.39 Å². The standard InChI is InChI=1S/C17H21FN2O4/c18-13-7-5-11(6-8-13)14(10-16(22)23)20-15(21)2-1-9-19-17(24)12-3-4-12/h5-8,12,14H,1-4,9-10H2,(H,19,24)(H,20,21)(H,22,23). The second kappa shape index (κ2) is 8.42. The van der Waals surface area contributed by atoms with Gasteiger partial charge in [0, 0.05) is 18.9 Å². The summed E-state index contributed by atoms with van der Waals surface area (Å²) in [5.74, 6) is -1.61. The number of benzene rings is 1. The van der Waals surface area contributed by atoms with Crippen molar-refractivity contribution < 1.29 is 23.9 Å². The third kappa shape index (κ3) is 5.98. The first kappa shape index (κ1) is 17.9. The normalized spacial score (nSPS) is 14.7. The van der Waals surface area contributed by atoms with Gasteiger partial charge in [0.25, 0.3) is 0 Å². The molecule has 0 bridgehead atoms. The number of carboxylic acids is 1. The fraction of sp³-hybridized carbons (Fsp3) is 0.471. The van der Waals surface area contributed by atoms with Crippen LogP contribution in [0.25, 0.3) is 0 Å². The number of carboxylic acid groups (broad SMARTS) is 1. The van der Waals surface area contributed by atoms with Crippen LogP contribution in [0.3, 0.4) is 0 Å². The Kier molecular flexibility index (Phi) is 6.28. The first-order chi connectivity index (χ1) is 11.5. The Morgan fingerprint density at radius 1 is 1.21 bits per heavy atom. The van der Waals surface area contributed by atoms with E-state index in [-0.39, 0.29) is 30.6 Å². The molecule has 0 spiro atoms. The van der Waals surface area contributed by atoms with Crippen LogP contribution in [0.2, 0.25) is 0 Å². The van der Waals surface area contributed by atoms with Crippen molar-refractivity contribution in [2.45, 2.75) is 38.1 Å². The number of rotatable bonds is 9. The van der Waals surface area contributed by atoms with Crippen LogP contribution in [-0.4, -0.2) is 29.4 Å². The molecule has 1 atom stereocenters. The maximum Gasteiger partial charge on any atom is 0.305 e. The largest absolute Gasteiger partial charge is 0.481 e. The lowest BCUT2D eigenvalue weighted by molar-refractivity contribution is -0.137. The van der Waals surface area contributed by atoms with Crippen molar-refractivity contribution in [3.8, 4) is 0 Å². The number of nitrogens with one attached hydrogen (secondary N) is 2. The van der Waals surface area contributed by atoms with E-state index in [4.69, 9.17) is 5.11 Å². The van der Waals surface area contributed by atoms with Gasteiger partial charge >= 0.3 is 5.97 Å². The van der Waals surface area contributed by atoms with Gasteiger partial charge in [-0.1, -0.05) is 12.1 Å². The summed E-state index contributed by atoms with van der Waals surface area (Å²) in [6.45, 7) is 0.420. The molecule has 130 valence electrons. The molecule has 2 rings (SSSR count). The molecule has 1 aromatic rings. The van der Waals surface area contributed by atoms with Crippen molar-refractivity contribution in [1.82, 2.24) is 10.6 Å². The van der Waals surface area contributed by atoms with Crippen molar-refractivity contribution >= 4 is 17.8 Å². The van der Waals surface area contributed by atoms with Crippen molar-refractivity contribution in [3.63, 3.8) is 0 Å². The molecule has 7 heteroatoms. The van der Waals surface area contributed by atoms with Crippen LogP contribution in [0, 0.1) is 11.7 Å². The minimum atomic E-state index is -1.05. The number of amides is 2. The predicted molar refractivity (Wildman–Crippen MR) is 84.5 cm³/mol. The maximum absolute atomic E-state index is 13.0. The van der Waals surface area contributed by atoms with Gasteiger partial charge in [-0.2, -0.15) is 0 Å². The molecule has 0 heterocycles. The van der Waals surface area contributed by atoms with E-state index in [1.165, 1.54) is 24.3 Å².